The molecule has 0 bridgehead atoms. The summed E-state index contributed by atoms with van der Waals surface area (Å²) >= 11 is 3.31. The van der Waals surface area contributed by atoms with E-state index in [2.05, 4.69) is 42.0 Å². The van der Waals surface area contributed by atoms with E-state index in [4.69, 9.17) is 0 Å². The molecule has 1 saturated carbocycles. The fourth-order valence-corrected chi connectivity index (χ4v) is 4.17. The molecule has 0 amide bonds. The van der Waals surface area contributed by atoms with Crippen molar-refractivity contribution in [3.05, 3.63) is 34.1 Å². The van der Waals surface area contributed by atoms with Crippen LogP contribution in [0.1, 0.15) is 51.6 Å². The van der Waals surface area contributed by atoms with E-state index in [-0.39, 0.29) is 11.9 Å². The van der Waals surface area contributed by atoms with Crippen molar-refractivity contribution < 1.29 is 4.39 Å². The van der Waals surface area contributed by atoms with E-state index in [1.165, 1.54) is 19.3 Å². The van der Waals surface area contributed by atoms with Gasteiger partial charge in [0.2, 0.25) is 0 Å². The number of hydrogen-bond acceptors (Lipinski definition) is 1. The average Bonchev–Trinajstić information content (AvgIpc) is 2.38. The SMILES string of the molecule is CCNC(c1cccc(Br)c1F)C1CC(C)CC(C)C1. The Morgan fingerprint density at radius 3 is 2.50 bits per heavy atom. The van der Waals surface area contributed by atoms with E-state index in [1.54, 1.807) is 6.07 Å². The van der Waals surface area contributed by atoms with Crippen LogP contribution >= 0.6 is 15.9 Å². The molecule has 3 unspecified atom stereocenters. The molecule has 1 aromatic rings. The van der Waals surface area contributed by atoms with E-state index in [0.29, 0.717) is 10.4 Å². The van der Waals surface area contributed by atoms with E-state index >= 15 is 0 Å². The van der Waals surface area contributed by atoms with Gasteiger partial charge in [-0.15, -0.1) is 0 Å². The Bertz CT molecular complexity index is 439. The van der Waals surface area contributed by atoms with Gasteiger partial charge in [0.1, 0.15) is 5.82 Å². The van der Waals surface area contributed by atoms with Crippen LogP contribution in [0.15, 0.2) is 22.7 Å². The standard InChI is InChI=1S/C17H25BrFN/c1-4-20-17(13-9-11(2)8-12(3)10-13)14-6-5-7-15(18)16(14)19/h5-7,11-13,17,20H,4,8-10H2,1-3H3. The first-order valence-corrected chi connectivity index (χ1v) is 8.49. The number of rotatable bonds is 4. The Hall–Kier alpha value is -0.410. The summed E-state index contributed by atoms with van der Waals surface area (Å²) in [5, 5.41) is 3.52. The number of halogens is 2. The molecule has 1 fully saturated rings. The summed E-state index contributed by atoms with van der Waals surface area (Å²) in [6, 6.07) is 5.76. The first kappa shape index (κ1) is 16.0. The van der Waals surface area contributed by atoms with E-state index < -0.39 is 0 Å². The number of benzene rings is 1. The van der Waals surface area contributed by atoms with Crippen LogP contribution in [0, 0.1) is 23.6 Å². The van der Waals surface area contributed by atoms with Crippen molar-refractivity contribution in [2.45, 2.75) is 46.1 Å². The topological polar surface area (TPSA) is 12.0 Å². The summed E-state index contributed by atoms with van der Waals surface area (Å²) in [5.41, 5.74) is 0.813. The van der Waals surface area contributed by atoms with Gasteiger partial charge in [-0.05, 0) is 65.6 Å². The third kappa shape index (κ3) is 3.62. The minimum atomic E-state index is -0.107. The van der Waals surface area contributed by atoms with Crippen LogP contribution in [0.4, 0.5) is 4.39 Å². The Balaban J connectivity index is 2.28. The zero-order valence-corrected chi connectivity index (χ0v) is 14.2. The van der Waals surface area contributed by atoms with Gasteiger partial charge in [-0.2, -0.15) is 0 Å². The highest BCUT2D eigenvalue weighted by Gasteiger charge is 2.32. The zero-order chi connectivity index (χ0) is 14.7. The fraction of sp³-hybridized carbons (Fsp3) is 0.647. The second-order valence-corrected chi connectivity index (χ2v) is 7.21. The van der Waals surface area contributed by atoms with Gasteiger partial charge >= 0.3 is 0 Å². The molecule has 0 aromatic heterocycles. The monoisotopic (exact) mass is 341 g/mol. The van der Waals surface area contributed by atoms with Crippen molar-refractivity contribution in [2.24, 2.45) is 17.8 Å². The van der Waals surface area contributed by atoms with Crippen molar-refractivity contribution in [1.29, 1.82) is 0 Å². The molecular formula is C17H25BrFN. The molecule has 0 radical (unpaired) electrons. The first-order valence-electron chi connectivity index (χ1n) is 7.70. The van der Waals surface area contributed by atoms with Gasteiger partial charge < -0.3 is 5.32 Å². The highest BCUT2D eigenvalue weighted by molar-refractivity contribution is 9.10. The van der Waals surface area contributed by atoms with E-state index in [9.17, 15) is 4.39 Å². The van der Waals surface area contributed by atoms with E-state index in [1.807, 2.05) is 12.1 Å². The Morgan fingerprint density at radius 2 is 1.90 bits per heavy atom. The lowest BCUT2D eigenvalue weighted by Gasteiger charge is -2.37. The van der Waals surface area contributed by atoms with Crippen LogP contribution in [-0.4, -0.2) is 6.54 Å². The highest BCUT2D eigenvalue weighted by Crippen LogP contribution is 2.41. The molecule has 3 atom stereocenters. The molecule has 0 aliphatic heterocycles. The predicted octanol–water partition coefficient (Wildman–Crippen LogP) is 5.31. The average molecular weight is 342 g/mol. The van der Waals surface area contributed by atoms with Crippen LogP contribution in [0.2, 0.25) is 0 Å². The third-order valence-corrected chi connectivity index (χ3v) is 5.04. The molecule has 3 heteroatoms. The quantitative estimate of drug-likeness (QED) is 0.782. The maximum atomic E-state index is 14.4. The summed E-state index contributed by atoms with van der Waals surface area (Å²) in [6.07, 6.45) is 3.68. The van der Waals surface area contributed by atoms with Gasteiger partial charge in [0.25, 0.3) is 0 Å². The van der Waals surface area contributed by atoms with Crippen molar-refractivity contribution in [3.8, 4) is 0 Å². The maximum Gasteiger partial charge on any atom is 0.142 e. The highest BCUT2D eigenvalue weighted by atomic mass is 79.9. The van der Waals surface area contributed by atoms with Crippen LogP contribution in [0.25, 0.3) is 0 Å². The lowest BCUT2D eigenvalue weighted by Crippen LogP contribution is -2.33. The largest absolute Gasteiger partial charge is 0.310 e. The molecule has 0 saturated heterocycles. The Morgan fingerprint density at radius 1 is 1.25 bits per heavy atom. The molecule has 2 rings (SSSR count). The van der Waals surface area contributed by atoms with Crippen LogP contribution < -0.4 is 5.32 Å². The second kappa shape index (κ2) is 7.04. The van der Waals surface area contributed by atoms with Gasteiger partial charge in [-0.25, -0.2) is 4.39 Å². The summed E-state index contributed by atoms with van der Waals surface area (Å²) < 4.78 is 15.0. The molecule has 1 aromatic carbocycles. The normalized spacial score (nSPS) is 28.4. The van der Waals surface area contributed by atoms with E-state index in [0.717, 1.165) is 23.9 Å². The van der Waals surface area contributed by atoms with Gasteiger partial charge in [0, 0.05) is 11.6 Å². The van der Waals surface area contributed by atoms with Crippen molar-refractivity contribution >= 4 is 15.9 Å². The summed E-state index contributed by atoms with van der Waals surface area (Å²) in [5.74, 6) is 1.89. The van der Waals surface area contributed by atoms with Crippen molar-refractivity contribution in [3.63, 3.8) is 0 Å². The lowest BCUT2D eigenvalue weighted by molar-refractivity contribution is 0.175. The third-order valence-electron chi connectivity index (χ3n) is 4.43. The summed E-state index contributed by atoms with van der Waals surface area (Å²) in [4.78, 5) is 0. The van der Waals surface area contributed by atoms with Crippen molar-refractivity contribution in [1.82, 2.24) is 5.32 Å². The van der Waals surface area contributed by atoms with Gasteiger partial charge in [-0.3, -0.25) is 0 Å². The molecule has 112 valence electrons. The zero-order valence-electron chi connectivity index (χ0n) is 12.6. The maximum absolute atomic E-state index is 14.4. The van der Waals surface area contributed by atoms with Crippen LogP contribution in [0.5, 0.6) is 0 Å². The molecule has 1 nitrogen and oxygen atoms in total. The summed E-state index contributed by atoms with van der Waals surface area (Å²) in [6.45, 7) is 7.61. The molecule has 20 heavy (non-hydrogen) atoms. The molecule has 0 heterocycles. The molecular weight excluding hydrogens is 317 g/mol. The molecule has 1 N–H and O–H groups in total. The fourth-order valence-electron chi connectivity index (χ4n) is 3.79. The Kier molecular flexibility index (Phi) is 5.62. The molecule has 1 aliphatic rings. The number of hydrogen-bond donors (Lipinski definition) is 1. The second-order valence-electron chi connectivity index (χ2n) is 6.36. The van der Waals surface area contributed by atoms with Gasteiger partial charge in [0.05, 0.1) is 4.47 Å². The Labute approximate surface area is 130 Å². The lowest BCUT2D eigenvalue weighted by atomic mass is 9.72. The van der Waals surface area contributed by atoms with Crippen molar-refractivity contribution in [2.75, 3.05) is 6.54 Å². The van der Waals surface area contributed by atoms with Gasteiger partial charge in [0.15, 0.2) is 0 Å². The van der Waals surface area contributed by atoms with Crippen LogP contribution in [0.3, 0.4) is 0 Å². The minimum absolute atomic E-state index is 0.107. The molecule has 1 aliphatic carbocycles. The van der Waals surface area contributed by atoms with Crippen LogP contribution in [-0.2, 0) is 0 Å². The first-order chi connectivity index (χ1) is 9.52. The summed E-state index contributed by atoms with van der Waals surface area (Å²) in [7, 11) is 0. The van der Waals surface area contributed by atoms with Gasteiger partial charge in [-0.1, -0.05) is 32.9 Å². The number of nitrogens with one attached hydrogen (secondary N) is 1. The molecule has 0 spiro atoms. The smallest absolute Gasteiger partial charge is 0.142 e. The predicted molar refractivity (Wildman–Crippen MR) is 86.2 cm³/mol. The minimum Gasteiger partial charge on any atom is -0.310 e.